The first kappa shape index (κ1) is 9.85. The van der Waals surface area contributed by atoms with Crippen LogP contribution in [-0.2, 0) is 0 Å². The van der Waals surface area contributed by atoms with Crippen LogP contribution in [0.15, 0.2) is 29.6 Å². The number of nitro benzene ring substituents is 1. The Hall–Kier alpha value is -1.69. The number of benzene rings is 1. The molecule has 0 aliphatic rings. The molecular weight excluding hydrogens is 214 g/mol. The lowest BCUT2D eigenvalue weighted by atomic mass is 10.2. The van der Waals surface area contributed by atoms with Gasteiger partial charge in [-0.05, 0) is 12.3 Å². The van der Waals surface area contributed by atoms with Gasteiger partial charge < -0.3 is 0 Å². The Bertz CT molecular complexity index is 524. The molecule has 0 aliphatic carbocycles. The minimum absolute atomic E-state index is 0.0532. The van der Waals surface area contributed by atoms with Crippen molar-refractivity contribution in [3.8, 4) is 0 Å². The fourth-order valence-corrected chi connectivity index (χ4v) is 1.94. The van der Waals surface area contributed by atoms with E-state index in [0.717, 1.165) is 0 Å². The molecule has 0 bridgehead atoms. The first-order valence-electron chi connectivity index (χ1n) is 4.16. The molecule has 0 N–H and O–H groups in total. The largest absolute Gasteiger partial charge is 0.281 e. The summed E-state index contributed by atoms with van der Waals surface area (Å²) < 4.78 is 0. The molecule has 0 atom stereocenters. The zero-order valence-corrected chi connectivity index (χ0v) is 8.69. The van der Waals surface area contributed by atoms with Gasteiger partial charge in [0.1, 0.15) is 16.7 Å². The molecule has 0 fully saturated rings. The van der Waals surface area contributed by atoms with Gasteiger partial charge >= 0.3 is 0 Å². The molecule has 2 aromatic rings. The molecule has 6 heteroatoms. The van der Waals surface area contributed by atoms with Crippen LogP contribution in [0.25, 0.3) is 10.9 Å². The van der Waals surface area contributed by atoms with Crippen LogP contribution in [0.1, 0.15) is 0 Å². The van der Waals surface area contributed by atoms with Crippen molar-refractivity contribution < 1.29 is 4.92 Å². The minimum Gasteiger partial charge on any atom is -0.258 e. The van der Waals surface area contributed by atoms with Crippen molar-refractivity contribution in [1.29, 1.82) is 0 Å². The monoisotopic (exact) mass is 221 g/mol. The van der Waals surface area contributed by atoms with Gasteiger partial charge in [-0.1, -0.05) is 6.07 Å². The highest BCUT2D eigenvalue weighted by atomic mass is 32.2. The topological polar surface area (TPSA) is 68.9 Å². The van der Waals surface area contributed by atoms with E-state index in [9.17, 15) is 10.1 Å². The molecular formula is C9H7N3O2S. The number of nitro groups is 1. The Labute approximate surface area is 89.7 Å². The summed E-state index contributed by atoms with van der Waals surface area (Å²) in [6.45, 7) is 0. The Kier molecular flexibility index (Phi) is 2.51. The van der Waals surface area contributed by atoms with Gasteiger partial charge in [-0.3, -0.25) is 10.1 Å². The third kappa shape index (κ3) is 1.63. The van der Waals surface area contributed by atoms with E-state index in [1.165, 1.54) is 24.2 Å². The van der Waals surface area contributed by atoms with Crippen molar-refractivity contribution >= 4 is 28.4 Å². The molecule has 1 heterocycles. The van der Waals surface area contributed by atoms with E-state index in [0.29, 0.717) is 15.9 Å². The Morgan fingerprint density at radius 2 is 2.20 bits per heavy atom. The summed E-state index contributed by atoms with van der Waals surface area (Å²) in [5, 5.41) is 12.0. The SMILES string of the molecule is CSc1ncnc2cccc([N+](=O)[O-])c12. The van der Waals surface area contributed by atoms with Gasteiger partial charge in [0.15, 0.2) is 0 Å². The molecule has 1 aromatic heterocycles. The van der Waals surface area contributed by atoms with Crippen molar-refractivity contribution in [2.75, 3.05) is 6.26 Å². The molecule has 0 unspecified atom stereocenters. The van der Waals surface area contributed by atoms with Crippen LogP contribution in [0.5, 0.6) is 0 Å². The van der Waals surface area contributed by atoms with E-state index in [2.05, 4.69) is 9.97 Å². The maximum atomic E-state index is 10.8. The van der Waals surface area contributed by atoms with Gasteiger partial charge in [0.05, 0.1) is 10.4 Å². The number of nitrogens with zero attached hydrogens (tertiary/aromatic N) is 3. The Morgan fingerprint density at radius 1 is 1.40 bits per heavy atom. The van der Waals surface area contributed by atoms with Crippen molar-refractivity contribution in [3.05, 3.63) is 34.6 Å². The van der Waals surface area contributed by atoms with E-state index >= 15 is 0 Å². The molecule has 0 spiro atoms. The average molecular weight is 221 g/mol. The van der Waals surface area contributed by atoms with Crippen LogP contribution in [0.3, 0.4) is 0 Å². The summed E-state index contributed by atoms with van der Waals surface area (Å²) in [7, 11) is 0. The summed E-state index contributed by atoms with van der Waals surface area (Å²) in [5.74, 6) is 0. The fourth-order valence-electron chi connectivity index (χ4n) is 1.37. The van der Waals surface area contributed by atoms with Gasteiger partial charge in [0.2, 0.25) is 0 Å². The zero-order valence-electron chi connectivity index (χ0n) is 7.88. The molecule has 0 aliphatic heterocycles. The highest BCUT2D eigenvalue weighted by Gasteiger charge is 2.15. The van der Waals surface area contributed by atoms with Crippen LogP contribution in [0.4, 0.5) is 5.69 Å². The van der Waals surface area contributed by atoms with Crippen LogP contribution in [-0.4, -0.2) is 21.1 Å². The second-order valence-corrected chi connectivity index (χ2v) is 3.61. The number of rotatable bonds is 2. The molecule has 0 radical (unpaired) electrons. The quantitative estimate of drug-likeness (QED) is 0.336. The lowest BCUT2D eigenvalue weighted by Gasteiger charge is -2.01. The van der Waals surface area contributed by atoms with Crippen LogP contribution in [0.2, 0.25) is 0 Å². The van der Waals surface area contributed by atoms with E-state index in [1.54, 1.807) is 12.1 Å². The number of non-ortho nitro benzene ring substituents is 1. The van der Waals surface area contributed by atoms with Gasteiger partial charge in [-0.15, -0.1) is 11.8 Å². The van der Waals surface area contributed by atoms with Crippen molar-refractivity contribution in [1.82, 2.24) is 9.97 Å². The third-order valence-electron chi connectivity index (χ3n) is 2.00. The maximum Gasteiger partial charge on any atom is 0.281 e. The van der Waals surface area contributed by atoms with Crippen LogP contribution >= 0.6 is 11.8 Å². The molecule has 1 aromatic carbocycles. The van der Waals surface area contributed by atoms with Crippen LogP contribution in [0, 0.1) is 10.1 Å². The molecule has 0 amide bonds. The van der Waals surface area contributed by atoms with E-state index in [4.69, 9.17) is 0 Å². The first-order valence-corrected chi connectivity index (χ1v) is 5.38. The van der Waals surface area contributed by atoms with Crippen molar-refractivity contribution in [2.24, 2.45) is 0 Å². The molecule has 5 nitrogen and oxygen atoms in total. The van der Waals surface area contributed by atoms with E-state index in [1.807, 2.05) is 6.26 Å². The van der Waals surface area contributed by atoms with Crippen LogP contribution < -0.4 is 0 Å². The summed E-state index contributed by atoms with van der Waals surface area (Å²) in [4.78, 5) is 18.4. The minimum atomic E-state index is -0.411. The number of aromatic nitrogens is 2. The lowest BCUT2D eigenvalue weighted by molar-refractivity contribution is -0.383. The van der Waals surface area contributed by atoms with Gasteiger partial charge in [-0.2, -0.15) is 0 Å². The van der Waals surface area contributed by atoms with Crippen molar-refractivity contribution in [2.45, 2.75) is 5.03 Å². The average Bonchev–Trinajstić information content (AvgIpc) is 2.27. The van der Waals surface area contributed by atoms with Gasteiger partial charge in [0, 0.05) is 6.07 Å². The molecule has 0 saturated carbocycles. The first-order chi connectivity index (χ1) is 7.24. The number of fused-ring (bicyclic) bond motifs is 1. The lowest BCUT2D eigenvalue weighted by Crippen LogP contribution is -1.93. The molecule has 0 saturated heterocycles. The highest BCUT2D eigenvalue weighted by Crippen LogP contribution is 2.30. The number of hydrogen-bond donors (Lipinski definition) is 0. The fraction of sp³-hybridized carbons (Fsp3) is 0.111. The number of hydrogen-bond acceptors (Lipinski definition) is 5. The Morgan fingerprint density at radius 3 is 2.87 bits per heavy atom. The van der Waals surface area contributed by atoms with E-state index < -0.39 is 4.92 Å². The summed E-state index contributed by atoms with van der Waals surface area (Å²) in [5.41, 5.74) is 0.654. The van der Waals surface area contributed by atoms with Gasteiger partial charge in [-0.25, -0.2) is 9.97 Å². The van der Waals surface area contributed by atoms with E-state index in [-0.39, 0.29) is 5.69 Å². The predicted octanol–water partition coefficient (Wildman–Crippen LogP) is 2.26. The normalized spacial score (nSPS) is 10.5. The summed E-state index contributed by atoms with van der Waals surface area (Å²) >= 11 is 1.37. The second kappa shape index (κ2) is 3.82. The van der Waals surface area contributed by atoms with Gasteiger partial charge in [0.25, 0.3) is 5.69 Å². The third-order valence-corrected chi connectivity index (χ3v) is 2.69. The zero-order chi connectivity index (χ0) is 10.8. The Balaban J connectivity index is 2.87. The highest BCUT2D eigenvalue weighted by molar-refractivity contribution is 7.98. The van der Waals surface area contributed by atoms with Crippen molar-refractivity contribution in [3.63, 3.8) is 0 Å². The molecule has 2 rings (SSSR count). The number of thioether (sulfide) groups is 1. The summed E-state index contributed by atoms with van der Waals surface area (Å²) in [6.07, 6.45) is 3.25. The smallest absolute Gasteiger partial charge is 0.258 e. The molecule has 15 heavy (non-hydrogen) atoms. The predicted molar refractivity (Wildman–Crippen MR) is 58.0 cm³/mol. The maximum absolute atomic E-state index is 10.8. The standard InChI is InChI=1S/C9H7N3O2S/c1-15-9-8-6(10-5-11-9)3-2-4-7(8)12(13)14/h2-5H,1H3. The molecule has 76 valence electrons. The summed E-state index contributed by atoms with van der Waals surface area (Å²) in [6, 6.07) is 4.83. The second-order valence-electron chi connectivity index (χ2n) is 2.81.